The second-order valence-corrected chi connectivity index (χ2v) is 10.00. The normalized spacial score (nSPS) is 20.2. The van der Waals surface area contributed by atoms with E-state index in [1.807, 2.05) is 4.90 Å². The number of piperidine rings is 1. The highest BCUT2D eigenvalue weighted by atomic mass is 16.2. The molecule has 0 unspecified atom stereocenters. The fraction of sp³-hybridized carbons (Fsp3) is 0.560. The van der Waals surface area contributed by atoms with E-state index in [1.54, 1.807) is 19.4 Å². The van der Waals surface area contributed by atoms with Crippen LogP contribution >= 0.6 is 0 Å². The lowest BCUT2D eigenvalue weighted by Crippen LogP contribution is -2.60. The quantitative estimate of drug-likeness (QED) is 0.717. The predicted molar refractivity (Wildman–Crippen MR) is 129 cm³/mol. The number of benzene rings is 1. The molecule has 0 aliphatic carbocycles. The molecule has 0 N–H and O–H groups in total. The summed E-state index contributed by atoms with van der Waals surface area (Å²) in [5.74, 6) is -0.0841. The molecule has 1 aromatic heterocycles. The molecule has 5 rings (SSSR count). The number of aromatic nitrogens is 2. The second-order valence-electron chi connectivity index (χ2n) is 10.00. The van der Waals surface area contributed by atoms with Crippen LogP contribution in [0.4, 0.5) is 16.2 Å². The zero-order valence-electron chi connectivity index (χ0n) is 19.7. The van der Waals surface area contributed by atoms with Crippen LogP contribution < -0.4 is 9.80 Å². The van der Waals surface area contributed by atoms with Crippen LogP contribution in [0.25, 0.3) is 0 Å². The van der Waals surface area contributed by atoms with Crippen molar-refractivity contribution < 1.29 is 9.59 Å². The Morgan fingerprint density at radius 2 is 1.82 bits per heavy atom. The van der Waals surface area contributed by atoms with E-state index in [1.165, 1.54) is 53.7 Å². The first kappa shape index (κ1) is 21.9. The Balaban J connectivity index is 1.12. The van der Waals surface area contributed by atoms with Gasteiger partial charge in [-0.15, -0.1) is 0 Å². The topological polar surface area (TPSA) is 64.9 Å². The van der Waals surface area contributed by atoms with Gasteiger partial charge in [-0.3, -0.25) is 9.69 Å². The van der Waals surface area contributed by atoms with Gasteiger partial charge < -0.3 is 14.7 Å². The standard InChI is InChI=1S/C25H34N6O2/c1-20(32)27(2)23-15-26-31(17-23)24(33)30-12-8-25(9-13-30)18-28(19-25)16-21-6-5-7-22(14-21)29-10-3-4-11-29/h5-7,14-15,17H,3-4,8-13,16,18-19H2,1-2H3. The van der Waals surface area contributed by atoms with Crippen LogP contribution in [-0.2, 0) is 11.3 Å². The van der Waals surface area contributed by atoms with E-state index < -0.39 is 0 Å². The highest BCUT2D eigenvalue weighted by molar-refractivity contribution is 5.91. The first-order valence-electron chi connectivity index (χ1n) is 12.1. The van der Waals surface area contributed by atoms with Crippen molar-refractivity contribution in [1.82, 2.24) is 19.6 Å². The Morgan fingerprint density at radius 3 is 2.52 bits per heavy atom. The van der Waals surface area contributed by atoms with Crippen LogP contribution in [0.3, 0.4) is 0 Å². The van der Waals surface area contributed by atoms with Gasteiger partial charge in [0.2, 0.25) is 5.91 Å². The van der Waals surface area contributed by atoms with E-state index in [2.05, 4.69) is 39.2 Å². The summed E-state index contributed by atoms with van der Waals surface area (Å²) in [7, 11) is 1.68. The molecule has 4 heterocycles. The smallest absolute Gasteiger partial charge is 0.344 e. The van der Waals surface area contributed by atoms with Crippen molar-refractivity contribution in [3.05, 3.63) is 42.2 Å². The van der Waals surface area contributed by atoms with Crippen molar-refractivity contribution in [2.75, 3.05) is 56.1 Å². The number of likely N-dealkylation sites (tertiary alicyclic amines) is 2. The molecular weight excluding hydrogens is 416 g/mol. The summed E-state index contributed by atoms with van der Waals surface area (Å²) in [5.41, 5.74) is 3.73. The van der Waals surface area contributed by atoms with Crippen molar-refractivity contribution in [1.29, 1.82) is 0 Å². The minimum atomic E-state index is -0.108. The molecule has 0 saturated carbocycles. The van der Waals surface area contributed by atoms with Gasteiger partial charge in [-0.2, -0.15) is 9.78 Å². The van der Waals surface area contributed by atoms with E-state index in [0.717, 1.165) is 45.6 Å². The molecule has 33 heavy (non-hydrogen) atoms. The summed E-state index contributed by atoms with van der Waals surface area (Å²) >= 11 is 0. The Labute approximate surface area is 195 Å². The molecule has 3 aliphatic rings. The minimum absolute atomic E-state index is 0.0841. The number of anilines is 2. The monoisotopic (exact) mass is 450 g/mol. The number of amides is 2. The molecule has 8 heteroatoms. The van der Waals surface area contributed by atoms with Gasteiger partial charge in [0.15, 0.2) is 0 Å². The van der Waals surface area contributed by atoms with Crippen molar-refractivity contribution in [2.45, 2.75) is 39.2 Å². The molecule has 2 aromatic rings. The highest BCUT2D eigenvalue weighted by Gasteiger charge is 2.45. The number of carbonyl (C=O) groups excluding carboxylic acids is 2. The second kappa shape index (κ2) is 8.82. The van der Waals surface area contributed by atoms with E-state index in [4.69, 9.17) is 0 Å². The molecule has 0 radical (unpaired) electrons. The maximum absolute atomic E-state index is 12.9. The maximum Gasteiger partial charge on any atom is 0.344 e. The molecule has 2 amide bonds. The first-order valence-corrected chi connectivity index (χ1v) is 12.1. The lowest BCUT2D eigenvalue weighted by molar-refractivity contribution is -0.116. The fourth-order valence-electron chi connectivity index (χ4n) is 5.51. The Hall–Kier alpha value is -2.87. The number of hydrogen-bond acceptors (Lipinski definition) is 5. The third kappa shape index (κ3) is 4.49. The van der Waals surface area contributed by atoms with Crippen LogP contribution in [0.1, 0.15) is 38.2 Å². The summed E-state index contributed by atoms with van der Waals surface area (Å²) in [5, 5.41) is 4.18. The highest BCUT2D eigenvalue weighted by Crippen LogP contribution is 2.41. The van der Waals surface area contributed by atoms with Gasteiger partial charge in [-0.25, -0.2) is 4.79 Å². The van der Waals surface area contributed by atoms with E-state index >= 15 is 0 Å². The SMILES string of the molecule is CC(=O)N(C)c1cnn(C(=O)N2CCC3(CC2)CN(Cc2cccc(N4CCCC4)c2)C3)c1. The fourth-order valence-corrected chi connectivity index (χ4v) is 5.51. The summed E-state index contributed by atoms with van der Waals surface area (Å²) in [6.45, 7) is 8.60. The summed E-state index contributed by atoms with van der Waals surface area (Å²) in [4.78, 5) is 32.8. The molecule has 0 bridgehead atoms. The predicted octanol–water partition coefficient (Wildman–Crippen LogP) is 3.03. The molecule has 3 saturated heterocycles. The van der Waals surface area contributed by atoms with Gasteiger partial charge in [0.05, 0.1) is 18.1 Å². The number of hydrogen-bond donors (Lipinski definition) is 0. The van der Waals surface area contributed by atoms with Crippen LogP contribution in [-0.4, -0.2) is 77.8 Å². The molecule has 0 atom stereocenters. The lowest BCUT2D eigenvalue weighted by Gasteiger charge is -2.54. The van der Waals surface area contributed by atoms with Crippen molar-refractivity contribution in [3.63, 3.8) is 0 Å². The van der Waals surface area contributed by atoms with E-state index in [0.29, 0.717) is 11.1 Å². The molecular formula is C25H34N6O2. The molecule has 3 aliphatic heterocycles. The van der Waals surface area contributed by atoms with Crippen molar-refractivity contribution in [2.24, 2.45) is 5.41 Å². The number of nitrogens with zero attached hydrogens (tertiary/aromatic N) is 6. The van der Waals surface area contributed by atoms with Gasteiger partial charge in [0, 0.05) is 65.5 Å². The lowest BCUT2D eigenvalue weighted by atomic mass is 9.72. The van der Waals surface area contributed by atoms with Crippen molar-refractivity contribution in [3.8, 4) is 0 Å². The third-order valence-corrected chi connectivity index (χ3v) is 7.63. The molecule has 1 spiro atoms. The largest absolute Gasteiger partial charge is 0.372 e. The molecule has 8 nitrogen and oxygen atoms in total. The summed E-state index contributed by atoms with van der Waals surface area (Å²) < 4.78 is 1.35. The summed E-state index contributed by atoms with van der Waals surface area (Å²) in [6, 6.07) is 8.92. The van der Waals surface area contributed by atoms with Crippen molar-refractivity contribution >= 4 is 23.3 Å². The number of carbonyl (C=O) groups is 2. The van der Waals surface area contributed by atoms with Crippen LogP contribution in [0.5, 0.6) is 0 Å². The number of rotatable bonds is 4. The molecule has 3 fully saturated rings. The van der Waals surface area contributed by atoms with Gasteiger partial charge in [-0.1, -0.05) is 12.1 Å². The first-order chi connectivity index (χ1) is 15.9. The molecule has 1 aromatic carbocycles. The Kier molecular flexibility index (Phi) is 5.86. The Morgan fingerprint density at radius 1 is 1.09 bits per heavy atom. The molecule has 176 valence electrons. The van der Waals surface area contributed by atoms with Gasteiger partial charge >= 0.3 is 6.03 Å². The minimum Gasteiger partial charge on any atom is -0.372 e. The van der Waals surface area contributed by atoms with Gasteiger partial charge in [-0.05, 0) is 48.8 Å². The van der Waals surface area contributed by atoms with Crippen LogP contribution in [0.15, 0.2) is 36.7 Å². The third-order valence-electron chi connectivity index (χ3n) is 7.63. The van der Waals surface area contributed by atoms with E-state index in [9.17, 15) is 9.59 Å². The zero-order valence-corrected chi connectivity index (χ0v) is 19.7. The van der Waals surface area contributed by atoms with Gasteiger partial charge in [0.25, 0.3) is 0 Å². The average Bonchev–Trinajstić information content (AvgIpc) is 3.50. The van der Waals surface area contributed by atoms with Gasteiger partial charge in [0.1, 0.15) is 0 Å². The average molecular weight is 451 g/mol. The van der Waals surface area contributed by atoms with Crippen LogP contribution in [0.2, 0.25) is 0 Å². The zero-order chi connectivity index (χ0) is 23.0. The Bertz CT molecular complexity index is 1010. The summed E-state index contributed by atoms with van der Waals surface area (Å²) in [6.07, 6.45) is 7.86. The van der Waals surface area contributed by atoms with Crippen LogP contribution in [0, 0.1) is 5.41 Å². The van der Waals surface area contributed by atoms with E-state index in [-0.39, 0.29) is 11.9 Å². The maximum atomic E-state index is 12.9.